The number of methoxy groups -OCH3 is 1. The van der Waals surface area contributed by atoms with Crippen LogP contribution in [0.1, 0.15) is 52.4 Å². The maximum atomic E-state index is 10.9. The highest BCUT2D eigenvalue weighted by Gasteiger charge is 2.22. The molecule has 0 aliphatic heterocycles. The zero-order valence-corrected chi connectivity index (χ0v) is 11.5. The Kier molecular flexibility index (Phi) is 6.56. The van der Waals surface area contributed by atoms with Crippen LogP contribution in [0.5, 0.6) is 0 Å². The second kappa shape index (κ2) is 7.70. The summed E-state index contributed by atoms with van der Waals surface area (Å²) < 4.78 is 4.62. The van der Waals surface area contributed by atoms with Crippen LogP contribution in [0, 0.1) is 11.8 Å². The zero-order chi connectivity index (χ0) is 12.7. The van der Waals surface area contributed by atoms with Crippen LogP contribution in [0.2, 0.25) is 0 Å². The maximum Gasteiger partial charge on any atom is 0.305 e. The number of nitrogens with one attached hydrogen (secondary N) is 1. The van der Waals surface area contributed by atoms with E-state index in [4.69, 9.17) is 0 Å². The van der Waals surface area contributed by atoms with Gasteiger partial charge in [0.15, 0.2) is 0 Å². The van der Waals surface area contributed by atoms with Gasteiger partial charge in [-0.15, -0.1) is 0 Å². The van der Waals surface area contributed by atoms with Crippen molar-refractivity contribution in [1.29, 1.82) is 0 Å². The molecule has 1 fully saturated rings. The summed E-state index contributed by atoms with van der Waals surface area (Å²) in [6.07, 6.45) is 6.71. The molecule has 1 rings (SSSR count). The number of carbonyl (C=O) groups excluding carboxylic acids is 1. The predicted octanol–water partition coefficient (Wildman–Crippen LogP) is 2.74. The Morgan fingerprint density at radius 1 is 1.29 bits per heavy atom. The molecule has 1 N–H and O–H groups in total. The van der Waals surface area contributed by atoms with Gasteiger partial charge in [0, 0.05) is 12.5 Å². The Morgan fingerprint density at radius 3 is 2.47 bits per heavy atom. The fourth-order valence-electron chi connectivity index (χ4n) is 2.63. The molecule has 0 spiro atoms. The smallest absolute Gasteiger partial charge is 0.305 e. The van der Waals surface area contributed by atoms with Crippen LogP contribution in [0.3, 0.4) is 0 Å². The third kappa shape index (κ3) is 5.53. The van der Waals surface area contributed by atoms with Crippen molar-refractivity contribution < 1.29 is 9.53 Å². The van der Waals surface area contributed by atoms with E-state index >= 15 is 0 Å². The van der Waals surface area contributed by atoms with Gasteiger partial charge in [-0.05, 0) is 50.5 Å². The first-order valence-corrected chi connectivity index (χ1v) is 6.93. The van der Waals surface area contributed by atoms with Crippen LogP contribution in [0.15, 0.2) is 0 Å². The molecule has 0 amide bonds. The average Bonchev–Trinajstić information content (AvgIpc) is 2.34. The third-order valence-corrected chi connectivity index (χ3v) is 3.93. The summed E-state index contributed by atoms with van der Waals surface area (Å²) >= 11 is 0. The molecule has 0 heterocycles. The minimum atomic E-state index is -0.102. The third-order valence-electron chi connectivity index (χ3n) is 3.93. The highest BCUT2D eigenvalue weighted by atomic mass is 16.5. The van der Waals surface area contributed by atoms with Gasteiger partial charge in [-0.25, -0.2) is 0 Å². The van der Waals surface area contributed by atoms with Gasteiger partial charge in [-0.3, -0.25) is 4.79 Å². The van der Waals surface area contributed by atoms with Crippen LogP contribution in [0.25, 0.3) is 0 Å². The van der Waals surface area contributed by atoms with Gasteiger partial charge in [-0.2, -0.15) is 0 Å². The van der Waals surface area contributed by atoms with Crippen LogP contribution < -0.4 is 5.32 Å². The molecule has 0 aromatic heterocycles. The molecule has 0 atom stereocenters. The SMILES string of the molecule is COC(=O)CCCNC1CCC(C(C)C)CC1. The van der Waals surface area contributed by atoms with Crippen molar-refractivity contribution in [3.63, 3.8) is 0 Å². The molecule has 3 nitrogen and oxygen atoms in total. The largest absolute Gasteiger partial charge is 0.469 e. The second-order valence-corrected chi connectivity index (χ2v) is 5.49. The van der Waals surface area contributed by atoms with Crippen molar-refractivity contribution in [2.45, 2.75) is 58.4 Å². The van der Waals surface area contributed by atoms with Crippen LogP contribution in [-0.2, 0) is 9.53 Å². The highest BCUT2D eigenvalue weighted by molar-refractivity contribution is 5.69. The molecule has 3 heteroatoms. The first-order valence-electron chi connectivity index (χ1n) is 6.93. The number of hydrogen-bond donors (Lipinski definition) is 1. The summed E-state index contributed by atoms with van der Waals surface area (Å²) in [4.78, 5) is 10.9. The van der Waals surface area contributed by atoms with Gasteiger partial charge in [0.05, 0.1) is 7.11 Å². The van der Waals surface area contributed by atoms with Crippen molar-refractivity contribution in [1.82, 2.24) is 5.32 Å². The highest BCUT2D eigenvalue weighted by Crippen LogP contribution is 2.29. The minimum absolute atomic E-state index is 0.102. The number of ether oxygens (including phenoxy) is 1. The molecule has 1 aliphatic carbocycles. The topological polar surface area (TPSA) is 38.3 Å². The van der Waals surface area contributed by atoms with Gasteiger partial charge in [0.1, 0.15) is 0 Å². The Balaban J connectivity index is 2.04. The lowest BCUT2D eigenvalue weighted by Crippen LogP contribution is -2.34. The van der Waals surface area contributed by atoms with Crippen molar-refractivity contribution in [2.75, 3.05) is 13.7 Å². The second-order valence-electron chi connectivity index (χ2n) is 5.49. The molecule has 17 heavy (non-hydrogen) atoms. The molecule has 0 aromatic rings. The van der Waals surface area contributed by atoms with E-state index in [2.05, 4.69) is 23.9 Å². The van der Waals surface area contributed by atoms with Gasteiger partial charge in [-0.1, -0.05) is 13.8 Å². The number of esters is 1. The molecule has 100 valence electrons. The van der Waals surface area contributed by atoms with E-state index in [0.717, 1.165) is 24.8 Å². The summed E-state index contributed by atoms with van der Waals surface area (Å²) in [6.45, 7) is 5.59. The first-order chi connectivity index (χ1) is 8.13. The van der Waals surface area contributed by atoms with Gasteiger partial charge < -0.3 is 10.1 Å². The molecule has 0 aromatic carbocycles. The van der Waals surface area contributed by atoms with Gasteiger partial charge in [0.2, 0.25) is 0 Å². The Bertz CT molecular complexity index is 220. The lowest BCUT2D eigenvalue weighted by molar-refractivity contribution is -0.140. The van der Waals surface area contributed by atoms with Crippen molar-refractivity contribution in [2.24, 2.45) is 11.8 Å². The van der Waals surface area contributed by atoms with E-state index in [1.54, 1.807) is 0 Å². The summed E-state index contributed by atoms with van der Waals surface area (Å²) in [5.41, 5.74) is 0. The summed E-state index contributed by atoms with van der Waals surface area (Å²) in [5, 5.41) is 3.55. The molecule has 1 saturated carbocycles. The van der Waals surface area contributed by atoms with E-state index in [-0.39, 0.29) is 5.97 Å². The fraction of sp³-hybridized carbons (Fsp3) is 0.929. The molecule has 1 aliphatic rings. The molecule has 0 saturated heterocycles. The summed E-state index contributed by atoms with van der Waals surface area (Å²) in [7, 11) is 1.45. The number of rotatable bonds is 6. The van der Waals surface area contributed by atoms with Crippen LogP contribution in [0.4, 0.5) is 0 Å². The fourth-order valence-corrected chi connectivity index (χ4v) is 2.63. The van der Waals surface area contributed by atoms with Gasteiger partial charge >= 0.3 is 5.97 Å². The predicted molar refractivity (Wildman–Crippen MR) is 69.8 cm³/mol. The summed E-state index contributed by atoms with van der Waals surface area (Å²) in [6, 6.07) is 0.669. The number of hydrogen-bond acceptors (Lipinski definition) is 3. The molecule has 0 unspecified atom stereocenters. The van der Waals surface area contributed by atoms with E-state index in [0.29, 0.717) is 12.5 Å². The molecule has 0 radical (unpaired) electrons. The van der Waals surface area contributed by atoms with Crippen molar-refractivity contribution in [3.8, 4) is 0 Å². The monoisotopic (exact) mass is 241 g/mol. The molecular weight excluding hydrogens is 214 g/mol. The standard InChI is InChI=1S/C14H27NO2/c1-11(2)12-6-8-13(9-7-12)15-10-4-5-14(16)17-3/h11-13,15H,4-10H2,1-3H3. The summed E-state index contributed by atoms with van der Waals surface area (Å²) in [5.74, 6) is 1.65. The first kappa shape index (κ1) is 14.5. The van der Waals surface area contributed by atoms with Crippen molar-refractivity contribution in [3.05, 3.63) is 0 Å². The lowest BCUT2D eigenvalue weighted by Gasteiger charge is -2.31. The quantitative estimate of drug-likeness (QED) is 0.574. The maximum absolute atomic E-state index is 10.9. The van der Waals surface area contributed by atoms with Crippen LogP contribution >= 0.6 is 0 Å². The van der Waals surface area contributed by atoms with E-state index in [1.165, 1.54) is 32.8 Å². The van der Waals surface area contributed by atoms with E-state index in [9.17, 15) is 4.79 Å². The van der Waals surface area contributed by atoms with Crippen LogP contribution in [-0.4, -0.2) is 25.7 Å². The van der Waals surface area contributed by atoms with E-state index in [1.807, 2.05) is 0 Å². The molecule has 0 bridgehead atoms. The molecular formula is C14H27NO2. The Labute approximate surface area is 105 Å². The number of carbonyl (C=O) groups is 1. The Morgan fingerprint density at radius 2 is 1.94 bits per heavy atom. The lowest BCUT2D eigenvalue weighted by atomic mass is 9.80. The zero-order valence-electron chi connectivity index (χ0n) is 11.5. The van der Waals surface area contributed by atoms with Crippen molar-refractivity contribution >= 4 is 5.97 Å². The average molecular weight is 241 g/mol. The van der Waals surface area contributed by atoms with Gasteiger partial charge in [0.25, 0.3) is 0 Å². The minimum Gasteiger partial charge on any atom is -0.469 e. The Hall–Kier alpha value is -0.570. The van der Waals surface area contributed by atoms with E-state index < -0.39 is 0 Å². The normalized spacial score (nSPS) is 24.9.